The molecule has 1 aliphatic rings. The number of imidazole rings is 1. The number of hydrogen-bond donors (Lipinski definition) is 2. The van der Waals surface area contributed by atoms with Crippen LogP contribution in [0.4, 0.5) is 0 Å². The molecule has 4 nitrogen and oxygen atoms in total. The van der Waals surface area contributed by atoms with Crippen LogP contribution in [0.15, 0.2) is 6.20 Å². The molecule has 0 bridgehead atoms. The van der Waals surface area contributed by atoms with Gasteiger partial charge in [-0.05, 0) is 40.0 Å². The summed E-state index contributed by atoms with van der Waals surface area (Å²) in [6.07, 6.45) is 4.50. The fourth-order valence-corrected chi connectivity index (χ4v) is 2.16. The van der Waals surface area contributed by atoms with Crippen molar-refractivity contribution in [2.75, 3.05) is 27.2 Å². The van der Waals surface area contributed by atoms with Gasteiger partial charge in [-0.1, -0.05) is 0 Å². The van der Waals surface area contributed by atoms with Crippen LogP contribution >= 0.6 is 0 Å². The predicted octanol–water partition coefficient (Wildman–Crippen LogP) is 0.938. The number of hydrogen-bond acceptors (Lipinski definition) is 3. The van der Waals surface area contributed by atoms with Crippen LogP contribution in [0.25, 0.3) is 0 Å². The van der Waals surface area contributed by atoms with Crippen LogP contribution in [0.5, 0.6) is 0 Å². The predicted molar refractivity (Wildman–Crippen MR) is 60.8 cm³/mol. The molecule has 84 valence electrons. The van der Waals surface area contributed by atoms with Gasteiger partial charge in [0.1, 0.15) is 5.82 Å². The summed E-state index contributed by atoms with van der Waals surface area (Å²) in [4.78, 5) is 10.2. The molecule has 1 saturated heterocycles. The Balaban J connectivity index is 1.96. The summed E-state index contributed by atoms with van der Waals surface area (Å²) < 4.78 is 0. The number of nitrogens with one attached hydrogen (secondary N) is 2. The van der Waals surface area contributed by atoms with Gasteiger partial charge in [-0.2, -0.15) is 0 Å². The molecule has 0 saturated carbocycles. The van der Waals surface area contributed by atoms with Gasteiger partial charge in [-0.3, -0.25) is 0 Å². The third-order valence-corrected chi connectivity index (χ3v) is 3.15. The monoisotopic (exact) mass is 208 g/mol. The molecule has 2 heterocycles. The van der Waals surface area contributed by atoms with Crippen LogP contribution in [0.1, 0.15) is 30.3 Å². The highest BCUT2D eigenvalue weighted by Gasteiger charge is 2.19. The number of H-pyrrole nitrogens is 1. The van der Waals surface area contributed by atoms with E-state index in [1.54, 1.807) is 0 Å². The summed E-state index contributed by atoms with van der Waals surface area (Å²) in [5, 5.41) is 3.11. The maximum Gasteiger partial charge on any atom is 0.120 e. The van der Waals surface area contributed by atoms with E-state index in [4.69, 9.17) is 0 Å². The van der Waals surface area contributed by atoms with Gasteiger partial charge in [0.2, 0.25) is 0 Å². The molecule has 4 heteroatoms. The highest BCUT2D eigenvalue weighted by Crippen LogP contribution is 2.25. The molecule has 0 spiro atoms. The van der Waals surface area contributed by atoms with Crippen molar-refractivity contribution in [2.45, 2.75) is 25.3 Å². The average molecular weight is 208 g/mol. The van der Waals surface area contributed by atoms with E-state index in [2.05, 4.69) is 27.2 Å². The highest BCUT2D eigenvalue weighted by molar-refractivity contribution is 5.08. The van der Waals surface area contributed by atoms with E-state index >= 15 is 0 Å². The van der Waals surface area contributed by atoms with Crippen molar-refractivity contribution in [3.63, 3.8) is 0 Å². The van der Waals surface area contributed by atoms with Crippen molar-refractivity contribution in [1.82, 2.24) is 20.2 Å². The van der Waals surface area contributed by atoms with Crippen molar-refractivity contribution >= 4 is 0 Å². The lowest BCUT2D eigenvalue weighted by Gasteiger charge is -2.28. The van der Waals surface area contributed by atoms with Crippen molar-refractivity contribution < 1.29 is 0 Å². The van der Waals surface area contributed by atoms with Gasteiger partial charge in [-0.25, -0.2) is 4.98 Å². The number of likely N-dealkylation sites (tertiary alicyclic amines) is 1. The molecule has 15 heavy (non-hydrogen) atoms. The maximum absolute atomic E-state index is 4.37. The molecule has 0 amide bonds. The Hall–Kier alpha value is -0.870. The van der Waals surface area contributed by atoms with Crippen LogP contribution < -0.4 is 5.32 Å². The Labute approximate surface area is 91.1 Å². The molecule has 0 aromatic carbocycles. The second-order valence-electron chi connectivity index (χ2n) is 4.39. The van der Waals surface area contributed by atoms with Crippen molar-refractivity contribution in [3.8, 4) is 0 Å². The summed E-state index contributed by atoms with van der Waals surface area (Å²) in [6.45, 7) is 3.22. The van der Waals surface area contributed by atoms with Gasteiger partial charge in [0, 0.05) is 17.8 Å². The molecule has 1 aromatic heterocycles. The average Bonchev–Trinajstić information content (AvgIpc) is 2.68. The fraction of sp³-hybridized carbons (Fsp3) is 0.727. The van der Waals surface area contributed by atoms with E-state index in [-0.39, 0.29) is 0 Å². The van der Waals surface area contributed by atoms with Gasteiger partial charge in [0.15, 0.2) is 0 Å². The zero-order valence-corrected chi connectivity index (χ0v) is 9.58. The Kier molecular flexibility index (Phi) is 3.38. The first kappa shape index (κ1) is 10.6. The first-order valence-electron chi connectivity index (χ1n) is 5.66. The van der Waals surface area contributed by atoms with Crippen molar-refractivity contribution in [1.29, 1.82) is 0 Å². The SMILES string of the molecule is CNCc1ncc(C2CCN(C)CC2)[nH]1. The molecular weight excluding hydrogens is 188 g/mol. The number of aromatic amines is 1. The van der Waals surface area contributed by atoms with Crippen LogP contribution in [-0.4, -0.2) is 42.1 Å². The summed E-state index contributed by atoms with van der Waals surface area (Å²) in [7, 11) is 4.13. The molecule has 0 unspecified atom stereocenters. The van der Waals surface area contributed by atoms with E-state index in [9.17, 15) is 0 Å². The minimum absolute atomic E-state index is 0.680. The Bertz CT molecular complexity index is 299. The van der Waals surface area contributed by atoms with Gasteiger partial charge in [0.05, 0.1) is 6.54 Å². The number of aromatic nitrogens is 2. The van der Waals surface area contributed by atoms with E-state index in [1.165, 1.54) is 31.6 Å². The Morgan fingerprint density at radius 2 is 2.27 bits per heavy atom. The van der Waals surface area contributed by atoms with Crippen molar-refractivity contribution in [2.24, 2.45) is 0 Å². The standard InChI is InChI=1S/C11H20N4/c1-12-8-11-13-7-10(14-11)9-3-5-15(2)6-4-9/h7,9,12H,3-6,8H2,1-2H3,(H,13,14). The van der Waals surface area contributed by atoms with E-state index in [0.717, 1.165) is 12.4 Å². The van der Waals surface area contributed by atoms with Gasteiger partial charge in [-0.15, -0.1) is 0 Å². The third-order valence-electron chi connectivity index (χ3n) is 3.15. The second-order valence-corrected chi connectivity index (χ2v) is 4.39. The summed E-state index contributed by atoms with van der Waals surface area (Å²) in [5.41, 5.74) is 1.31. The molecule has 1 fully saturated rings. The first-order chi connectivity index (χ1) is 7.29. The topological polar surface area (TPSA) is 44.0 Å². The molecule has 0 radical (unpaired) electrons. The summed E-state index contributed by atoms with van der Waals surface area (Å²) >= 11 is 0. The lowest BCUT2D eigenvalue weighted by Crippen LogP contribution is -2.29. The quantitative estimate of drug-likeness (QED) is 0.777. The highest BCUT2D eigenvalue weighted by atomic mass is 15.1. The zero-order chi connectivity index (χ0) is 10.7. The summed E-state index contributed by atoms with van der Waals surface area (Å²) in [5.74, 6) is 1.73. The number of piperidine rings is 1. The van der Waals surface area contributed by atoms with Gasteiger partial charge in [0.25, 0.3) is 0 Å². The number of nitrogens with zero attached hydrogens (tertiary/aromatic N) is 2. The minimum Gasteiger partial charge on any atom is -0.345 e. The molecule has 2 N–H and O–H groups in total. The number of rotatable bonds is 3. The first-order valence-corrected chi connectivity index (χ1v) is 5.66. The van der Waals surface area contributed by atoms with Crippen LogP contribution in [0.3, 0.4) is 0 Å². The third kappa shape index (κ3) is 2.58. The smallest absolute Gasteiger partial charge is 0.120 e. The molecule has 0 atom stereocenters. The fourth-order valence-electron chi connectivity index (χ4n) is 2.16. The molecule has 2 rings (SSSR count). The van der Waals surface area contributed by atoms with Crippen LogP contribution in [0.2, 0.25) is 0 Å². The lowest BCUT2D eigenvalue weighted by atomic mass is 9.94. The van der Waals surface area contributed by atoms with E-state index in [0.29, 0.717) is 5.92 Å². The molecular formula is C11H20N4. The zero-order valence-electron chi connectivity index (χ0n) is 9.58. The Morgan fingerprint density at radius 3 is 2.93 bits per heavy atom. The van der Waals surface area contributed by atoms with E-state index in [1.807, 2.05) is 13.2 Å². The lowest BCUT2D eigenvalue weighted by molar-refractivity contribution is 0.253. The largest absolute Gasteiger partial charge is 0.345 e. The maximum atomic E-state index is 4.37. The Morgan fingerprint density at radius 1 is 1.53 bits per heavy atom. The molecule has 1 aliphatic heterocycles. The van der Waals surface area contributed by atoms with Gasteiger partial charge < -0.3 is 15.2 Å². The van der Waals surface area contributed by atoms with E-state index < -0.39 is 0 Å². The van der Waals surface area contributed by atoms with Crippen LogP contribution in [-0.2, 0) is 6.54 Å². The van der Waals surface area contributed by atoms with Gasteiger partial charge >= 0.3 is 0 Å². The minimum atomic E-state index is 0.680. The second kappa shape index (κ2) is 4.77. The molecule has 0 aliphatic carbocycles. The molecule has 1 aromatic rings. The van der Waals surface area contributed by atoms with Crippen LogP contribution in [0, 0.1) is 0 Å². The van der Waals surface area contributed by atoms with Crippen molar-refractivity contribution in [3.05, 3.63) is 17.7 Å². The summed E-state index contributed by atoms with van der Waals surface area (Å²) in [6, 6.07) is 0. The normalized spacial score (nSPS) is 19.6.